The van der Waals surface area contributed by atoms with Gasteiger partial charge >= 0.3 is 5.97 Å². The summed E-state index contributed by atoms with van der Waals surface area (Å²) in [7, 11) is -1.58. The van der Waals surface area contributed by atoms with Crippen molar-refractivity contribution in [1.82, 2.24) is 9.62 Å². The number of nitrogens with zero attached hydrogens (tertiary/aromatic N) is 2. The molecule has 0 aliphatic carbocycles. The molecular weight excluding hydrogens is 502 g/mol. The molecule has 8 nitrogen and oxygen atoms in total. The Balaban J connectivity index is 1.57. The highest BCUT2D eigenvalue weighted by Crippen LogP contribution is 2.28. The van der Waals surface area contributed by atoms with Crippen LogP contribution < -0.4 is 14.4 Å². The quantitative estimate of drug-likeness (QED) is 0.215. The van der Waals surface area contributed by atoms with Gasteiger partial charge in [-0.3, -0.25) is 9.69 Å². The highest BCUT2D eigenvalue weighted by Gasteiger charge is 2.23. The van der Waals surface area contributed by atoms with E-state index in [1.54, 1.807) is 19.1 Å². The number of nitrogens with one attached hydrogen (secondary N) is 1. The van der Waals surface area contributed by atoms with Crippen LogP contribution in [0.25, 0.3) is 0 Å². The van der Waals surface area contributed by atoms with Gasteiger partial charge in [0.1, 0.15) is 5.75 Å². The SMILES string of the molecule is CCCCN(C)c1ccc(C(CC)C(=O)Oc2ccc(S(=O)(=O)NCCCN3CCOCC3)cc2C)cc1. The van der Waals surface area contributed by atoms with E-state index in [1.165, 1.54) is 6.07 Å². The molecule has 38 heavy (non-hydrogen) atoms. The second-order valence-corrected chi connectivity index (χ2v) is 11.6. The maximum atomic E-state index is 13.1. The highest BCUT2D eigenvalue weighted by atomic mass is 32.2. The Bertz CT molecular complexity index is 1130. The summed E-state index contributed by atoms with van der Waals surface area (Å²) < 4.78 is 39.3. The lowest BCUT2D eigenvalue weighted by molar-refractivity contribution is -0.136. The van der Waals surface area contributed by atoms with Crippen LogP contribution in [0.5, 0.6) is 5.75 Å². The van der Waals surface area contributed by atoms with Gasteiger partial charge in [-0.25, -0.2) is 13.1 Å². The largest absolute Gasteiger partial charge is 0.426 e. The second kappa shape index (κ2) is 14.6. The normalized spacial score (nSPS) is 15.3. The molecule has 1 fully saturated rings. The molecule has 1 atom stereocenters. The van der Waals surface area contributed by atoms with Crippen molar-refractivity contribution < 1.29 is 22.7 Å². The number of rotatable bonds is 14. The lowest BCUT2D eigenvalue weighted by atomic mass is 9.96. The average Bonchev–Trinajstić information content (AvgIpc) is 2.92. The summed E-state index contributed by atoms with van der Waals surface area (Å²) in [5.74, 6) is -0.379. The molecule has 210 valence electrons. The number of benzene rings is 2. The molecule has 1 saturated heterocycles. The van der Waals surface area contributed by atoms with Crippen molar-refractivity contribution in [2.45, 2.75) is 57.3 Å². The van der Waals surface area contributed by atoms with Gasteiger partial charge < -0.3 is 14.4 Å². The third-order valence-electron chi connectivity index (χ3n) is 6.99. The molecule has 2 aromatic carbocycles. The van der Waals surface area contributed by atoms with Crippen LogP contribution in [0.4, 0.5) is 5.69 Å². The molecule has 2 aromatic rings. The zero-order valence-electron chi connectivity index (χ0n) is 23.2. The number of esters is 1. The van der Waals surface area contributed by atoms with E-state index in [0.29, 0.717) is 24.3 Å². The number of carbonyl (C=O) groups excluding carboxylic acids is 1. The number of aryl methyl sites for hydroxylation is 1. The third-order valence-corrected chi connectivity index (χ3v) is 8.45. The molecule has 1 N–H and O–H groups in total. The zero-order chi connectivity index (χ0) is 27.5. The molecule has 1 aliphatic heterocycles. The van der Waals surface area contributed by atoms with Crippen LogP contribution in [0, 0.1) is 6.92 Å². The van der Waals surface area contributed by atoms with Crippen LogP contribution in [0.15, 0.2) is 47.4 Å². The van der Waals surface area contributed by atoms with E-state index in [0.717, 1.165) is 69.9 Å². The Hall–Kier alpha value is -2.46. The second-order valence-electron chi connectivity index (χ2n) is 9.88. The molecule has 0 saturated carbocycles. The van der Waals surface area contributed by atoms with Crippen LogP contribution in [0.1, 0.15) is 56.6 Å². The van der Waals surface area contributed by atoms with Crippen molar-refractivity contribution in [2.75, 3.05) is 57.9 Å². The lowest BCUT2D eigenvalue weighted by Crippen LogP contribution is -2.38. The minimum Gasteiger partial charge on any atom is -0.426 e. The minimum atomic E-state index is -3.65. The van der Waals surface area contributed by atoms with Crippen LogP contribution in [0.2, 0.25) is 0 Å². The summed E-state index contributed by atoms with van der Waals surface area (Å²) >= 11 is 0. The van der Waals surface area contributed by atoms with E-state index in [9.17, 15) is 13.2 Å². The molecule has 0 radical (unpaired) electrons. The molecule has 0 spiro atoms. The van der Waals surface area contributed by atoms with Gasteiger partial charge in [-0.2, -0.15) is 0 Å². The van der Waals surface area contributed by atoms with Crippen LogP contribution in [-0.4, -0.2) is 72.3 Å². The van der Waals surface area contributed by atoms with Gasteiger partial charge in [0.05, 0.1) is 24.0 Å². The van der Waals surface area contributed by atoms with Crippen molar-refractivity contribution >= 4 is 21.7 Å². The lowest BCUT2D eigenvalue weighted by Gasteiger charge is -2.26. The van der Waals surface area contributed by atoms with Crippen molar-refractivity contribution in [3.63, 3.8) is 0 Å². The summed E-state index contributed by atoms with van der Waals surface area (Å²) in [6.45, 7) is 11.3. The molecule has 1 heterocycles. The summed E-state index contributed by atoms with van der Waals surface area (Å²) in [6.07, 6.45) is 3.60. The summed E-state index contributed by atoms with van der Waals surface area (Å²) in [4.78, 5) is 17.7. The first-order valence-corrected chi connectivity index (χ1v) is 15.2. The van der Waals surface area contributed by atoms with Crippen molar-refractivity contribution in [1.29, 1.82) is 0 Å². The Morgan fingerprint density at radius 2 is 1.82 bits per heavy atom. The van der Waals surface area contributed by atoms with Gasteiger partial charge in [0.25, 0.3) is 0 Å². The van der Waals surface area contributed by atoms with Gasteiger partial charge in [0.15, 0.2) is 0 Å². The Morgan fingerprint density at radius 3 is 2.45 bits per heavy atom. The molecule has 9 heteroatoms. The number of anilines is 1. The van der Waals surface area contributed by atoms with Crippen molar-refractivity contribution in [3.8, 4) is 5.75 Å². The molecule has 3 rings (SSSR count). The van der Waals surface area contributed by atoms with E-state index in [2.05, 4.69) is 28.5 Å². The van der Waals surface area contributed by atoms with Crippen LogP contribution in [-0.2, 0) is 19.6 Å². The average molecular weight is 546 g/mol. The molecule has 1 aliphatic rings. The van der Waals surface area contributed by atoms with Crippen LogP contribution >= 0.6 is 0 Å². The number of sulfonamides is 1. The molecule has 0 aromatic heterocycles. The standard InChI is InChI=1S/C29H43N3O5S/c1-5-7-16-31(4)25-11-9-24(10-12-25)27(6-2)29(33)37-28-14-13-26(22-23(28)3)38(34,35)30-15-8-17-32-18-20-36-21-19-32/h9-14,22,27,30H,5-8,15-21H2,1-4H3. The monoisotopic (exact) mass is 545 g/mol. The van der Waals surface area contributed by atoms with E-state index in [1.807, 2.05) is 31.2 Å². The smallest absolute Gasteiger partial charge is 0.318 e. The fourth-order valence-corrected chi connectivity index (χ4v) is 5.68. The van der Waals surface area contributed by atoms with E-state index >= 15 is 0 Å². The number of ether oxygens (including phenoxy) is 2. The Morgan fingerprint density at radius 1 is 1.11 bits per heavy atom. The Kier molecular flexibility index (Phi) is 11.6. The van der Waals surface area contributed by atoms with Crippen molar-refractivity contribution in [3.05, 3.63) is 53.6 Å². The van der Waals surface area contributed by atoms with Gasteiger partial charge in [0, 0.05) is 38.9 Å². The molecule has 1 unspecified atom stereocenters. The van der Waals surface area contributed by atoms with Crippen molar-refractivity contribution in [2.24, 2.45) is 0 Å². The Labute approximate surface area is 228 Å². The minimum absolute atomic E-state index is 0.163. The van der Waals surface area contributed by atoms with Gasteiger partial charge in [-0.1, -0.05) is 32.4 Å². The number of hydrogen-bond donors (Lipinski definition) is 1. The first kappa shape index (κ1) is 30.1. The fourth-order valence-electron chi connectivity index (χ4n) is 4.52. The molecule has 0 amide bonds. The summed E-state index contributed by atoms with van der Waals surface area (Å²) in [5.41, 5.74) is 2.62. The van der Waals surface area contributed by atoms with E-state index in [4.69, 9.17) is 9.47 Å². The predicted octanol–water partition coefficient (Wildman–Crippen LogP) is 4.33. The van der Waals surface area contributed by atoms with Gasteiger partial charge in [-0.05, 0) is 74.2 Å². The maximum Gasteiger partial charge on any atom is 0.318 e. The summed E-state index contributed by atoms with van der Waals surface area (Å²) in [6, 6.07) is 12.7. The van der Waals surface area contributed by atoms with E-state index < -0.39 is 15.9 Å². The van der Waals surface area contributed by atoms with E-state index in [-0.39, 0.29) is 10.9 Å². The number of morpholine rings is 1. The number of carbonyl (C=O) groups is 1. The predicted molar refractivity (Wildman–Crippen MR) is 152 cm³/mol. The number of unbranched alkanes of at least 4 members (excludes halogenated alkanes) is 1. The third kappa shape index (κ3) is 8.53. The van der Waals surface area contributed by atoms with Gasteiger partial charge in [0.2, 0.25) is 10.0 Å². The zero-order valence-corrected chi connectivity index (χ0v) is 24.1. The number of hydrogen-bond acceptors (Lipinski definition) is 7. The first-order valence-electron chi connectivity index (χ1n) is 13.7. The molecular formula is C29H43N3O5S. The van der Waals surface area contributed by atoms with Crippen LogP contribution in [0.3, 0.4) is 0 Å². The van der Waals surface area contributed by atoms with Gasteiger partial charge in [-0.15, -0.1) is 0 Å². The first-order chi connectivity index (χ1) is 18.2. The topological polar surface area (TPSA) is 88.2 Å². The fraction of sp³-hybridized carbons (Fsp3) is 0.552. The summed E-state index contributed by atoms with van der Waals surface area (Å²) in [5, 5.41) is 0. The molecule has 0 bridgehead atoms. The highest BCUT2D eigenvalue weighted by molar-refractivity contribution is 7.89. The maximum absolute atomic E-state index is 13.1.